The fourth-order valence-electron chi connectivity index (χ4n) is 1.99. The van der Waals surface area contributed by atoms with Crippen LogP contribution in [0.4, 0.5) is 0 Å². The summed E-state index contributed by atoms with van der Waals surface area (Å²) in [6.45, 7) is 4.58. The molecule has 1 aliphatic rings. The molecular formula is C10H20O. The van der Waals surface area contributed by atoms with Crippen molar-refractivity contribution >= 4 is 0 Å². The molecule has 1 heteroatoms. The quantitative estimate of drug-likeness (QED) is 0.597. The summed E-state index contributed by atoms with van der Waals surface area (Å²) in [6.07, 6.45) is 6.40. The van der Waals surface area contributed by atoms with Gasteiger partial charge in [0.2, 0.25) is 0 Å². The molecule has 0 aromatic heterocycles. The second-order valence-electron chi connectivity index (χ2n) is 3.92. The van der Waals surface area contributed by atoms with Gasteiger partial charge in [0, 0.05) is 7.11 Å². The highest BCUT2D eigenvalue weighted by atomic mass is 16.5. The van der Waals surface area contributed by atoms with Gasteiger partial charge in [-0.2, -0.15) is 0 Å². The third kappa shape index (κ3) is 1.96. The van der Waals surface area contributed by atoms with Crippen LogP contribution in [0.1, 0.15) is 46.0 Å². The second kappa shape index (κ2) is 3.57. The Kier molecular flexibility index (Phi) is 2.94. The van der Waals surface area contributed by atoms with Crippen LogP contribution >= 0.6 is 0 Å². The van der Waals surface area contributed by atoms with Gasteiger partial charge < -0.3 is 4.74 Å². The molecule has 1 rings (SSSR count). The average molecular weight is 156 g/mol. The third-order valence-corrected chi connectivity index (χ3v) is 3.26. The monoisotopic (exact) mass is 156 g/mol. The first kappa shape index (κ1) is 9.05. The molecule has 0 N–H and O–H groups in total. The molecule has 0 aliphatic heterocycles. The van der Waals surface area contributed by atoms with Crippen molar-refractivity contribution in [3.8, 4) is 0 Å². The van der Waals surface area contributed by atoms with Gasteiger partial charge in [0.05, 0.1) is 5.60 Å². The van der Waals surface area contributed by atoms with Crippen molar-refractivity contribution in [1.29, 1.82) is 0 Å². The SMILES string of the molecule is CCC1(OC)CCC(C)CC1. The van der Waals surface area contributed by atoms with Crippen molar-refractivity contribution in [3.63, 3.8) is 0 Å². The van der Waals surface area contributed by atoms with Gasteiger partial charge in [0.15, 0.2) is 0 Å². The fourth-order valence-corrected chi connectivity index (χ4v) is 1.99. The molecule has 1 aliphatic carbocycles. The molecule has 0 amide bonds. The van der Waals surface area contributed by atoms with Gasteiger partial charge in [-0.3, -0.25) is 0 Å². The molecular weight excluding hydrogens is 136 g/mol. The predicted molar refractivity (Wildman–Crippen MR) is 47.7 cm³/mol. The van der Waals surface area contributed by atoms with Gasteiger partial charge >= 0.3 is 0 Å². The first-order valence-electron chi connectivity index (χ1n) is 4.77. The Labute approximate surface area is 70.1 Å². The van der Waals surface area contributed by atoms with E-state index in [1.54, 1.807) is 0 Å². The van der Waals surface area contributed by atoms with E-state index in [-0.39, 0.29) is 5.60 Å². The highest BCUT2D eigenvalue weighted by molar-refractivity contribution is 4.84. The zero-order valence-corrected chi connectivity index (χ0v) is 8.02. The zero-order valence-electron chi connectivity index (χ0n) is 8.02. The summed E-state index contributed by atoms with van der Waals surface area (Å²) in [4.78, 5) is 0. The van der Waals surface area contributed by atoms with Crippen LogP contribution in [0.3, 0.4) is 0 Å². The van der Waals surface area contributed by atoms with Crippen LogP contribution < -0.4 is 0 Å². The summed E-state index contributed by atoms with van der Waals surface area (Å²) in [5.41, 5.74) is 0.243. The zero-order chi connectivity index (χ0) is 8.32. The Hall–Kier alpha value is -0.0400. The molecule has 0 atom stereocenters. The van der Waals surface area contributed by atoms with E-state index in [9.17, 15) is 0 Å². The topological polar surface area (TPSA) is 9.23 Å². The van der Waals surface area contributed by atoms with Crippen LogP contribution in [-0.4, -0.2) is 12.7 Å². The van der Waals surface area contributed by atoms with Crippen LogP contribution in [0.25, 0.3) is 0 Å². The lowest BCUT2D eigenvalue weighted by Gasteiger charge is -2.37. The highest BCUT2D eigenvalue weighted by Gasteiger charge is 2.31. The Morgan fingerprint density at radius 3 is 2.27 bits per heavy atom. The van der Waals surface area contributed by atoms with Crippen LogP contribution in [0.2, 0.25) is 0 Å². The number of hydrogen-bond acceptors (Lipinski definition) is 1. The summed E-state index contributed by atoms with van der Waals surface area (Å²) in [5.74, 6) is 0.921. The van der Waals surface area contributed by atoms with E-state index in [4.69, 9.17) is 4.74 Å². The molecule has 0 aromatic rings. The number of hydrogen-bond donors (Lipinski definition) is 0. The van der Waals surface area contributed by atoms with Crippen LogP contribution in [-0.2, 0) is 4.74 Å². The molecule has 0 aromatic carbocycles. The number of methoxy groups -OCH3 is 1. The van der Waals surface area contributed by atoms with Gasteiger partial charge in [-0.05, 0) is 38.0 Å². The summed E-state index contributed by atoms with van der Waals surface area (Å²) >= 11 is 0. The van der Waals surface area contributed by atoms with E-state index >= 15 is 0 Å². The Bertz CT molecular complexity index is 106. The van der Waals surface area contributed by atoms with Gasteiger partial charge in [-0.25, -0.2) is 0 Å². The molecule has 1 saturated carbocycles. The Morgan fingerprint density at radius 1 is 1.36 bits per heavy atom. The van der Waals surface area contributed by atoms with Crippen molar-refractivity contribution in [3.05, 3.63) is 0 Å². The molecule has 0 radical (unpaired) electrons. The van der Waals surface area contributed by atoms with E-state index in [2.05, 4.69) is 13.8 Å². The van der Waals surface area contributed by atoms with E-state index in [0.29, 0.717) is 0 Å². The second-order valence-corrected chi connectivity index (χ2v) is 3.92. The van der Waals surface area contributed by atoms with Crippen molar-refractivity contribution in [1.82, 2.24) is 0 Å². The van der Waals surface area contributed by atoms with Crippen LogP contribution in [0, 0.1) is 5.92 Å². The maximum absolute atomic E-state index is 5.58. The first-order valence-corrected chi connectivity index (χ1v) is 4.77. The molecule has 1 nitrogen and oxygen atoms in total. The summed E-state index contributed by atoms with van der Waals surface area (Å²) in [7, 11) is 1.86. The minimum Gasteiger partial charge on any atom is -0.378 e. The largest absolute Gasteiger partial charge is 0.378 e. The highest BCUT2D eigenvalue weighted by Crippen LogP contribution is 2.36. The average Bonchev–Trinajstić information content (AvgIpc) is 2.07. The van der Waals surface area contributed by atoms with Crippen LogP contribution in [0.5, 0.6) is 0 Å². The molecule has 0 heterocycles. The van der Waals surface area contributed by atoms with Crippen molar-refractivity contribution in [2.45, 2.75) is 51.6 Å². The van der Waals surface area contributed by atoms with E-state index in [1.165, 1.54) is 32.1 Å². The summed E-state index contributed by atoms with van der Waals surface area (Å²) in [5, 5.41) is 0. The van der Waals surface area contributed by atoms with Crippen molar-refractivity contribution < 1.29 is 4.74 Å². The molecule has 66 valence electrons. The van der Waals surface area contributed by atoms with Gasteiger partial charge in [0.1, 0.15) is 0 Å². The standard InChI is InChI=1S/C10H20O/c1-4-10(11-3)7-5-9(2)6-8-10/h9H,4-8H2,1-3H3. The lowest BCUT2D eigenvalue weighted by molar-refractivity contribution is -0.0500. The molecule has 0 spiro atoms. The molecule has 0 saturated heterocycles. The molecule has 0 unspecified atom stereocenters. The summed E-state index contributed by atoms with van der Waals surface area (Å²) in [6, 6.07) is 0. The Morgan fingerprint density at radius 2 is 1.91 bits per heavy atom. The molecule has 0 bridgehead atoms. The fraction of sp³-hybridized carbons (Fsp3) is 1.00. The maximum Gasteiger partial charge on any atom is 0.0676 e. The lowest BCUT2D eigenvalue weighted by atomic mass is 9.78. The van der Waals surface area contributed by atoms with E-state index < -0.39 is 0 Å². The van der Waals surface area contributed by atoms with Crippen molar-refractivity contribution in [2.24, 2.45) is 5.92 Å². The van der Waals surface area contributed by atoms with Crippen LogP contribution in [0.15, 0.2) is 0 Å². The van der Waals surface area contributed by atoms with Gasteiger partial charge in [0.25, 0.3) is 0 Å². The van der Waals surface area contributed by atoms with E-state index in [1.807, 2.05) is 7.11 Å². The van der Waals surface area contributed by atoms with Gasteiger partial charge in [-0.15, -0.1) is 0 Å². The smallest absolute Gasteiger partial charge is 0.0676 e. The number of rotatable bonds is 2. The first-order chi connectivity index (χ1) is 5.22. The summed E-state index contributed by atoms with van der Waals surface area (Å²) < 4.78 is 5.58. The van der Waals surface area contributed by atoms with Crippen molar-refractivity contribution in [2.75, 3.05) is 7.11 Å². The lowest BCUT2D eigenvalue weighted by Crippen LogP contribution is -2.34. The predicted octanol–water partition coefficient (Wildman–Crippen LogP) is 2.99. The normalized spacial score (nSPS) is 39.0. The maximum atomic E-state index is 5.58. The van der Waals surface area contributed by atoms with Gasteiger partial charge in [-0.1, -0.05) is 13.8 Å². The minimum atomic E-state index is 0.243. The minimum absolute atomic E-state index is 0.243. The Balaban J connectivity index is 2.45. The molecule has 1 fully saturated rings. The third-order valence-electron chi connectivity index (χ3n) is 3.26. The molecule has 11 heavy (non-hydrogen) atoms. The van der Waals surface area contributed by atoms with E-state index in [0.717, 1.165) is 5.92 Å². The number of ether oxygens (including phenoxy) is 1.